The standard InChI is InChI=1S/C12H20N2O6/c1-18-8-5-14(6-9(8)19-2)11(17)13-12(10(15)16)3-4-20-7-12/h8-9H,3-7H2,1-2H3,(H,13,17)(H,15,16). The topological polar surface area (TPSA) is 97.3 Å². The molecule has 3 atom stereocenters. The molecule has 2 aliphatic heterocycles. The van der Waals surface area contributed by atoms with Gasteiger partial charge in [0.05, 0.1) is 19.7 Å². The minimum atomic E-state index is -1.33. The number of rotatable bonds is 4. The van der Waals surface area contributed by atoms with Gasteiger partial charge in [0.15, 0.2) is 5.54 Å². The van der Waals surface area contributed by atoms with Gasteiger partial charge >= 0.3 is 12.0 Å². The van der Waals surface area contributed by atoms with Gasteiger partial charge in [0.25, 0.3) is 0 Å². The van der Waals surface area contributed by atoms with Crippen molar-refractivity contribution >= 4 is 12.0 Å². The summed E-state index contributed by atoms with van der Waals surface area (Å²) < 4.78 is 15.6. The van der Waals surface area contributed by atoms with Gasteiger partial charge in [-0.3, -0.25) is 0 Å². The predicted octanol–water partition coefficient (Wildman–Crippen LogP) is -0.715. The van der Waals surface area contributed by atoms with Crippen molar-refractivity contribution in [3.8, 4) is 0 Å². The van der Waals surface area contributed by atoms with Crippen molar-refractivity contribution in [1.29, 1.82) is 0 Å². The zero-order valence-corrected chi connectivity index (χ0v) is 11.6. The van der Waals surface area contributed by atoms with Crippen LogP contribution >= 0.6 is 0 Å². The number of carbonyl (C=O) groups is 2. The lowest BCUT2D eigenvalue weighted by Crippen LogP contribution is -2.58. The van der Waals surface area contributed by atoms with Crippen LogP contribution in [0.2, 0.25) is 0 Å². The molecule has 0 spiro atoms. The molecule has 2 amide bonds. The molecular weight excluding hydrogens is 268 g/mol. The minimum absolute atomic E-state index is 0.0106. The number of carboxylic acid groups (broad SMARTS) is 1. The first-order valence-electron chi connectivity index (χ1n) is 6.46. The van der Waals surface area contributed by atoms with Crippen LogP contribution in [-0.4, -0.2) is 80.3 Å². The van der Waals surface area contributed by atoms with Crippen LogP contribution in [0.15, 0.2) is 0 Å². The smallest absolute Gasteiger partial charge is 0.332 e. The summed E-state index contributed by atoms with van der Waals surface area (Å²) in [4.78, 5) is 25.1. The Bertz CT molecular complexity index is 370. The van der Waals surface area contributed by atoms with Crippen LogP contribution in [0.25, 0.3) is 0 Å². The summed E-state index contributed by atoms with van der Waals surface area (Å²) in [6, 6.07) is -0.431. The molecule has 2 rings (SSSR count). The molecular formula is C12H20N2O6. The average Bonchev–Trinajstić information content (AvgIpc) is 3.04. The molecule has 0 bridgehead atoms. The molecule has 2 saturated heterocycles. The first kappa shape index (κ1) is 15.0. The summed E-state index contributed by atoms with van der Waals surface area (Å²) in [5, 5.41) is 11.9. The Hall–Kier alpha value is -1.38. The highest BCUT2D eigenvalue weighted by Gasteiger charge is 2.46. The number of likely N-dealkylation sites (tertiary alicyclic amines) is 1. The second kappa shape index (κ2) is 5.94. The molecule has 20 heavy (non-hydrogen) atoms. The number of carbonyl (C=O) groups excluding carboxylic acids is 1. The number of carboxylic acids is 1. The number of nitrogens with zero attached hydrogens (tertiary/aromatic N) is 1. The third-order valence-corrected chi connectivity index (χ3v) is 3.89. The van der Waals surface area contributed by atoms with Gasteiger partial charge in [-0.25, -0.2) is 9.59 Å². The van der Waals surface area contributed by atoms with Crippen molar-refractivity contribution in [2.45, 2.75) is 24.2 Å². The highest BCUT2D eigenvalue weighted by molar-refractivity contribution is 5.87. The molecule has 0 aromatic rings. The fraction of sp³-hybridized carbons (Fsp3) is 0.833. The van der Waals surface area contributed by atoms with Gasteiger partial charge < -0.3 is 29.5 Å². The van der Waals surface area contributed by atoms with Crippen LogP contribution in [0, 0.1) is 0 Å². The van der Waals surface area contributed by atoms with E-state index >= 15 is 0 Å². The SMILES string of the molecule is COC1CN(C(=O)NC2(C(=O)O)CCOC2)CC1OC. The van der Waals surface area contributed by atoms with E-state index in [0.717, 1.165) is 0 Å². The van der Waals surface area contributed by atoms with Crippen molar-refractivity contribution in [3.05, 3.63) is 0 Å². The van der Waals surface area contributed by atoms with Gasteiger partial charge in [-0.15, -0.1) is 0 Å². The molecule has 0 aromatic heterocycles. The van der Waals surface area contributed by atoms with Gasteiger partial charge in [-0.05, 0) is 0 Å². The van der Waals surface area contributed by atoms with E-state index in [4.69, 9.17) is 14.2 Å². The third-order valence-electron chi connectivity index (χ3n) is 3.89. The molecule has 2 heterocycles. The fourth-order valence-electron chi connectivity index (χ4n) is 2.53. The number of ether oxygens (including phenoxy) is 3. The summed E-state index contributed by atoms with van der Waals surface area (Å²) in [7, 11) is 3.11. The molecule has 8 heteroatoms. The predicted molar refractivity (Wildman–Crippen MR) is 67.5 cm³/mol. The molecule has 2 N–H and O–H groups in total. The highest BCUT2D eigenvalue weighted by Crippen LogP contribution is 2.21. The van der Waals surface area contributed by atoms with Crippen LogP contribution in [-0.2, 0) is 19.0 Å². The lowest BCUT2D eigenvalue weighted by molar-refractivity contribution is -0.144. The lowest BCUT2D eigenvalue weighted by Gasteiger charge is -2.27. The number of aliphatic carboxylic acids is 1. The number of urea groups is 1. The zero-order chi connectivity index (χ0) is 14.8. The van der Waals surface area contributed by atoms with E-state index in [-0.39, 0.29) is 25.2 Å². The Morgan fingerprint density at radius 3 is 2.30 bits per heavy atom. The maximum absolute atomic E-state index is 12.2. The molecule has 3 unspecified atom stereocenters. The van der Waals surface area contributed by atoms with E-state index in [1.165, 1.54) is 4.90 Å². The highest BCUT2D eigenvalue weighted by atomic mass is 16.5. The minimum Gasteiger partial charge on any atom is -0.479 e. The first-order valence-corrected chi connectivity index (χ1v) is 6.46. The van der Waals surface area contributed by atoms with Crippen LogP contribution in [0.1, 0.15) is 6.42 Å². The van der Waals surface area contributed by atoms with Crippen LogP contribution in [0.4, 0.5) is 4.79 Å². The number of amides is 2. The molecule has 0 aromatic carbocycles. The van der Waals surface area contributed by atoms with Crippen molar-refractivity contribution in [3.63, 3.8) is 0 Å². The van der Waals surface area contributed by atoms with Gasteiger partial charge in [-0.1, -0.05) is 0 Å². The van der Waals surface area contributed by atoms with Crippen molar-refractivity contribution < 1.29 is 28.9 Å². The molecule has 114 valence electrons. The maximum Gasteiger partial charge on any atom is 0.332 e. The maximum atomic E-state index is 12.2. The monoisotopic (exact) mass is 288 g/mol. The normalized spacial score (nSPS) is 33.4. The van der Waals surface area contributed by atoms with Crippen molar-refractivity contribution in [1.82, 2.24) is 10.2 Å². The molecule has 0 radical (unpaired) electrons. The third kappa shape index (κ3) is 2.72. The second-order valence-electron chi connectivity index (χ2n) is 5.07. The Balaban J connectivity index is 2.00. The van der Waals surface area contributed by atoms with E-state index in [2.05, 4.69) is 5.32 Å². The van der Waals surface area contributed by atoms with Gasteiger partial charge in [-0.2, -0.15) is 0 Å². The Morgan fingerprint density at radius 1 is 1.30 bits per heavy atom. The number of methoxy groups -OCH3 is 2. The quantitative estimate of drug-likeness (QED) is 0.709. The number of nitrogens with one attached hydrogen (secondary N) is 1. The van der Waals surface area contributed by atoms with Crippen LogP contribution in [0.5, 0.6) is 0 Å². The zero-order valence-electron chi connectivity index (χ0n) is 11.6. The summed E-state index contributed by atoms with van der Waals surface area (Å²) in [5.41, 5.74) is -1.33. The number of hydrogen-bond acceptors (Lipinski definition) is 5. The van der Waals surface area contributed by atoms with E-state index in [0.29, 0.717) is 19.7 Å². The van der Waals surface area contributed by atoms with Gasteiger partial charge in [0.2, 0.25) is 0 Å². The lowest BCUT2D eigenvalue weighted by atomic mass is 9.99. The van der Waals surface area contributed by atoms with E-state index in [9.17, 15) is 14.7 Å². The van der Waals surface area contributed by atoms with Crippen molar-refractivity contribution in [2.24, 2.45) is 0 Å². The van der Waals surface area contributed by atoms with E-state index in [1.807, 2.05) is 0 Å². The van der Waals surface area contributed by atoms with Crippen LogP contribution in [0.3, 0.4) is 0 Å². The Kier molecular flexibility index (Phi) is 4.46. The van der Waals surface area contributed by atoms with Crippen molar-refractivity contribution in [2.75, 3.05) is 40.5 Å². The Labute approximate surface area is 117 Å². The fourth-order valence-corrected chi connectivity index (χ4v) is 2.53. The molecule has 0 saturated carbocycles. The summed E-state index contributed by atoms with van der Waals surface area (Å²) >= 11 is 0. The molecule has 0 aliphatic carbocycles. The molecule has 2 aliphatic rings. The Morgan fingerprint density at radius 2 is 1.90 bits per heavy atom. The van der Waals surface area contributed by atoms with Gasteiger partial charge in [0, 0.05) is 27.2 Å². The van der Waals surface area contributed by atoms with E-state index < -0.39 is 17.5 Å². The molecule has 8 nitrogen and oxygen atoms in total. The average molecular weight is 288 g/mol. The molecule has 2 fully saturated rings. The summed E-state index contributed by atoms with van der Waals surface area (Å²) in [6.45, 7) is 1.06. The summed E-state index contributed by atoms with van der Waals surface area (Å²) in [6.07, 6.45) is -0.138. The van der Waals surface area contributed by atoms with E-state index in [1.54, 1.807) is 14.2 Å². The summed E-state index contributed by atoms with van der Waals surface area (Å²) in [5.74, 6) is -1.07. The second-order valence-corrected chi connectivity index (χ2v) is 5.07. The first-order chi connectivity index (χ1) is 9.52. The number of hydrogen-bond donors (Lipinski definition) is 2. The largest absolute Gasteiger partial charge is 0.479 e. The van der Waals surface area contributed by atoms with Gasteiger partial charge in [0.1, 0.15) is 12.2 Å². The van der Waals surface area contributed by atoms with Crippen LogP contribution < -0.4 is 5.32 Å².